The molecule has 0 amide bonds. The number of nitrogens with zero attached hydrogens (tertiary/aromatic N) is 2. The van der Waals surface area contributed by atoms with Crippen LogP contribution in [0.1, 0.15) is 31.2 Å². The first-order valence-electron chi connectivity index (χ1n) is 8.23. The molecule has 1 saturated carbocycles. The van der Waals surface area contributed by atoms with Crippen LogP contribution in [0.25, 0.3) is 0 Å². The number of hydrogen-bond acceptors (Lipinski definition) is 4. The minimum atomic E-state index is 0.133. The fourth-order valence-corrected chi connectivity index (χ4v) is 4.94. The van der Waals surface area contributed by atoms with E-state index in [1.165, 1.54) is 18.4 Å². The Balaban J connectivity index is 1.76. The number of piperidine rings is 1. The lowest BCUT2D eigenvalue weighted by Gasteiger charge is -2.50. The zero-order chi connectivity index (χ0) is 15.2. The van der Waals surface area contributed by atoms with Gasteiger partial charge < -0.3 is 9.47 Å². The lowest BCUT2D eigenvalue weighted by atomic mass is 9.58. The van der Waals surface area contributed by atoms with Crippen LogP contribution in [0.4, 0.5) is 0 Å². The Kier molecular flexibility index (Phi) is 3.27. The molecule has 4 heteroatoms. The summed E-state index contributed by atoms with van der Waals surface area (Å²) in [7, 11) is 1.71. The molecule has 1 aliphatic carbocycles. The van der Waals surface area contributed by atoms with Crippen molar-refractivity contribution in [3.05, 3.63) is 23.8 Å². The Hall–Kier alpha value is -1.73. The molecule has 3 unspecified atom stereocenters. The largest absolute Gasteiger partial charge is 0.493 e. The van der Waals surface area contributed by atoms with E-state index in [0.29, 0.717) is 12.5 Å². The number of benzene rings is 1. The van der Waals surface area contributed by atoms with Crippen molar-refractivity contribution in [1.29, 1.82) is 5.26 Å². The molecule has 4 rings (SSSR count). The number of likely N-dealkylation sites (tertiary alicyclic amines) is 1. The maximum atomic E-state index is 8.99. The number of para-hydroxylation sites is 1. The smallest absolute Gasteiger partial charge is 0.165 e. The van der Waals surface area contributed by atoms with E-state index in [1.807, 2.05) is 6.07 Å². The monoisotopic (exact) mass is 298 g/mol. The van der Waals surface area contributed by atoms with Crippen molar-refractivity contribution in [2.24, 2.45) is 5.92 Å². The van der Waals surface area contributed by atoms with Gasteiger partial charge in [-0.15, -0.1) is 0 Å². The van der Waals surface area contributed by atoms with Crippen LogP contribution in [0.2, 0.25) is 0 Å². The second-order valence-corrected chi connectivity index (χ2v) is 6.75. The average molecular weight is 298 g/mol. The van der Waals surface area contributed by atoms with Gasteiger partial charge in [-0.05, 0) is 37.7 Å². The molecule has 0 aromatic heterocycles. The Morgan fingerprint density at radius 1 is 1.45 bits per heavy atom. The SMILES string of the molecule is COc1cccc2c1OC1CCCC3CN(CC#N)CCC231. The van der Waals surface area contributed by atoms with Crippen molar-refractivity contribution in [3.63, 3.8) is 0 Å². The molecular formula is C18H22N2O2. The molecular weight excluding hydrogens is 276 g/mol. The molecule has 1 saturated heterocycles. The van der Waals surface area contributed by atoms with Crippen LogP contribution in [0, 0.1) is 17.2 Å². The first kappa shape index (κ1) is 13.9. The Morgan fingerprint density at radius 2 is 2.36 bits per heavy atom. The first-order chi connectivity index (χ1) is 10.8. The van der Waals surface area contributed by atoms with Crippen molar-refractivity contribution in [2.45, 2.75) is 37.2 Å². The molecule has 1 aromatic rings. The number of rotatable bonds is 2. The van der Waals surface area contributed by atoms with E-state index in [0.717, 1.165) is 37.4 Å². The van der Waals surface area contributed by atoms with Crippen molar-refractivity contribution < 1.29 is 9.47 Å². The number of ether oxygens (including phenoxy) is 2. The van der Waals surface area contributed by atoms with Gasteiger partial charge in [0.25, 0.3) is 0 Å². The van der Waals surface area contributed by atoms with E-state index in [2.05, 4.69) is 23.1 Å². The van der Waals surface area contributed by atoms with Gasteiger partial charge in [0.1, 0.15) is 6.10 Å². The summed E-state index contributed by atoms with van der Waals surface area (Å²) in [6, 6.07) is 8.62. The number of methoxy groups -OCH3 is 1. The average Bonchev–Trinajstić information content (AvgIpc) is 2.88. The summed E-state index contributed by atoms with van der Waals surface area (Å²) >= 11 is 0. The molecule has 1 aromatic carbocycles. The summed E-state index contributed by atoms with van der Waals surface area (Å²) in [5.74, 6) is 2.41. The molecule has 2 fully saturated rings. The van der Waals surface area contributed by atoms with Gasteiger partial charge in [-0.25, -0.2) is 0 Å². The van der Waals surface area contributed by atoms with Gasteiger partial charge in [0.05, 0.1) is 19.7 Å². The fourth-order valence-electron chi connectivity index (χ4n) is 4.94. The molecule has 2 heterocycles. The maximum absolute atomic E-state index is 8.99. The summed E-state index contributed by atoms with van der Waals surface area (Å²) < 4.78 is 11.9. The maximum Gasteiger partial charge on any atom is 0.165 e. The van der Waals surface area contributed by atoms with Crippen LogP contribution in [0.15, 0.2) is 18.2 Å². The molecule has 3 aliphatic rings. The summed E-state index contributed by atoms with van der Waals surface area (Å²) in [5, 5.41) is 8.99. The molecule has 22 heavy (non-hydrogen) atoms. The predicted molar refractivity (Wildman–Crippen MR) is 83.1 cm³/mol. The highest BCUT2D eigenvalue weighted by molar-refractivity contribution is 5.55. The number of fused-ring (bicyclic) bond motifs is 1. The second-order valence-electron chi connectivity index (χ2n) is 6.75. The van der Waals surface area contributed by atoms with Crippen LogP contribution in [0.3, 0.4) is 0 Å². The number of nitriles is 1. The molecule has 3 atom stereocenters. The topological polar surface area (TPSA) is 45.5 Å². The van der Waals surface area contributed by atoms with Gasteiger partial charge in [-0.3, -0.25) is 4.90 Å². The van der Waals surface area contributed by atoms with Crippen LogP contribution in [0.5, 0.6) is 11.5 Å². The lowest BCUT2D eigenvalue weighted by molar-refractivity contribution is -0.00368. The van der Waals surface area contributed by atoms with Crippen LogP contribution < -0.4 is 9.47 Å². The lowest BCUT2D eigenvalue weighted by Crippen LogP contribution is -2.56. The zero-order valence-electron chi connectivity index (χ0n) is 13.0. The van der Waals surface area contributed by atoms with Crippen molar-refractivity contribution in [3.8, 4) is 17.6 Å². The third-order valence-electron chi connectivity index (χ3n) is 5.90. The van der Waals surface area contributed by atoms with Crippen LogP contribution >= 0.6 is 0 Å². The highest BCUT2D eigenvalue weighted by atomic mass is 16.5. The van der Waals surface area contributed by atoms with E-state index in [4.69, 9.17) is 14.7 Å². The third-order valence-corrected chi connectivity index (χ3v) is 5.90. The minimum absolute atomic E-state index is 0.133. The van der Waals surface area contributed by atoms with Crippen molar-refractivity contribution in [1.82, 2.24) is 4.90 Å². The van der Waals surface area contributed by atoms with Crippen molar-refractivity contribution in [2.75, 3.05) is 26.7 Å². The summed E-state index contributed by atoms with van der Waals surface area (Å²) in [4.78, 5) is 2.30. The van der Waals surface area contributed by atoms with Gasteiger partial charge in [-0.2, -0.15) is 5.26 Å². The molecule has 0 bridgehead atoms. The Bertz CT molecular complexity index is 624. The van der Waals surface area contributed by atoms with Gasteiger partial charge in [0, 0.05) is 24.1 Å². The molecule has 1 spiro atoms. The Labute approximate surface area is 131 Å². The predicted octanol–water partition coefficient (Wildman–Crippen LogP) is 2.72. The molecule has 0 radical (unpaired) electrons. The van der Waals surface area contributed by atoms with Gasteiger partial charge in [-0.1, -0.05) is 12.1 Å². The Morgan fingerprint density at radius 3 is 3.18 bits per heavy atom. The highest BCUT2D eigenvalue weighted by Crippen LogP contribution is 2.58. The normalized spacial score (nSPS) is 33.1. The standard InChI is InChI=1S/C18H22N2O2/c1-21-15-6-3-5-14-17(15)22-16-7-2-4-13-12-20(11-9-19)10-8-18(13,14)16/h3,5-6,13,16H,2,4,7-8,10-12H2,1H3. The fraction of sp³-hybridized carbons (Fsp3) is 0.611. The summed E-state index contributed by atoms with van der Waals surface area (Å²) in [6.45, 7) is 2.55. The van der Waals surface area contributed by atoms with E-state index < -0.39 is 0 Å². The molecule has 0 N–H and O–H groups in total. The molecule has 4 nitrogen and oxygen atoms in total. The van der Waals surface area contributed by atoms with Gasteiger partial charge in [0.2, 0.25) is 0 Å². The van der Waals surface area contributed by atoms with Gasteiger partial charge >= 0.3 is 0 Å². The first-order valence-corrected chi connectivity index (χ1v) is 8.23. The van der Waals surface area contributed by atoms with Crippen LogP contribution in [-0.4, -0.2) is 37.7 Å². The van der Waals surface area contributed by atoms with E-state index >= 15 is 0 Å². The minimum Gasteiger partial charge on any atom is -0.493 e. The second kappa shape index (κ2) is 5.17. The highest BCUT2D eigenvalue weighted by Gasteiger charge is 2.57. The molecule has 116 valence electrons. The van der Waals surface area contributed by atoms with E-state index in [-0.39, 0.29) is 11.5 Å². The van der Waals surface area contributed by atoms with E-state index in [1.54, 1.807) is 7.11 Å². The third kappa shape index (κ3) is 1.78. The van der Waals surface area contributed by atoms with E-state index in [9.17, 15) is 0 Å². The summed E-state index contributed by atoms with van der Waals surface area (Å²) in [5.41, 5.74) is 1.48. The zero-order valence-corrected chi connectivity index (χ0v) is 13.0. The summed E-state index contributed by atoms with van der Waals surface area (Å²) in [6.07, 6.45) is 4.95. The quantitative estimate of drug-likeness (QED) is 0.788. The van der Waals surface area contributed by atoms with Crippen molar-refractivity contribution >= 4 is 0 Å². The van der Waals surface area contributed by atoms with Gasteiger partial charge in [0.15, 0.2) is 11.5 Å². The number of hydrogen-bond donors (Lipinski definition) is 0. The van der Waals surface area contributed by atoms with Crippen LogP contribution in [-0.2, 0) is 5.41 Å². The molecule has 2 aliphatic heterocycles.